The molecule has 9 aromatic rings. The Morgan fingerprint density at radius 3 is 0.814 bits per heavy atom. The van der Waals surface area contributed by atoms with Gasteiger partial charge < -0.3 is 33.6 Å². The first-order chi connectivity index (χ1) is 61.0. The van der Waals surface area contributed by atoms with E-state index in [1.807, 2.05) is 174 Å². The highest BCUT2D eigenvalue weighted by molar-refractivity contribution is 7.90. The Morgan fingerprint density at radius 2 is 0.566 bits per heavy atom. The van der Waals surface area contributed by atoms with E-state index >= 15 is 0 Å². The third-order valence-corrected chi connectivity index (χ3v) is 31.1. The molecule has 9 aromatic carbocycles. The second-order valence-electron chi connectivity index (χ2n) is 32.9. The fraction of sp³-hybridized carbons (Fsp3) is 0.358. The summed E-state index contributed by atoms with van der Waals surface area (Å²) in [7, 11) is -19.2. The molecule has 13 rings (SSSR count). The summed E-state index contributed by atoms with van der Waals surface area (Å²) >= 11 is 0. The molecule has 0 aromatic heterocycles. The molecule has 0 unspecified atom stereocenters. The van der Waals surface area contributed by atoms with Gasteiger partial charge >= 0.3 is 0 Å². The minimum absolute atomic E-state index is 0.0114. The summed E-state index contributed by atoms with van der Waals surface area (Å²) in [6.45, 7) is 28.1. The number of ether oxygens (including phenoxy) is 4. The van der Waals surface area contributed by atoms with Crippen LogP contribution in [0.3, 0.4) is 0 Å². The smallest absolute Gasteiger partial charge is 0.253 e. The molecule has 34 heteroatoms. The molecular formula is C95H108N12O17S5. The van der Waals surface area contributed by atoms with Crippen LogP contribution in [0.15, 0.2) is 196 Å². The standard InChI is InChI=1S/C26H25N3O4S.C24H29N3O4S.C23H29N3O5S2.C22H25N3O4S/c1-19-14-20(2)16-23(15-19)33-24-9-8-21(18-27)17-25(24)34(31,32)29-12-10-28(11-13-29)26(30)22-6-4-3-5-7-22;1-17(2)11-24(28)26-7-9-27(10-8-26)32(29,30)23-15-20(16-25)5-6-22(23)31-21-13-18(3)12-19(4)14-21;1-17(2)16-32(27,28)25-7-9-26(10-8-25)33(29,30)23-14-20(15-24)5-6-22(23)31-21-12-18(3)11-19(4)13-21;1-4-22(26)24-7-9-25(10-8-24)30(27,28)21-14-18(15-23)5-6-20(21)29-19-12-16(2)11-17(3)13-19/h3-9,14-17H,10-13H2,1-2H3;5-6,12-15,17H,7-11H2,1-4H3;5-6,11-14,17H,7-10,16H2,1-4H3;5-6,11-14H,4,7-10H2,1-3H3. The molecule has 4 aliphatic rings. The van der Waals surface area contributed by atoms with Crippen LogP contribution < -0.4 is 18.9 Å². The van der Waals surface area contributed by atoms with E-state index in [0.29, 0.717) is 67.6 Å². The molecule has 0 N–H and O–H groups in total. The van der Waals surface area contributed by atoms with Gasteiger partial charge in [0.1, 0.15) is 65.6 Å². The molecule has 0 radical (unpaired) electrons. The van der Waals surface area contributed by atoms with Gasteiger partial charge in [-0.2, -0.15) is 42.6 Å². The monoisotopic (exact) mass is 1850 g/mol. The summed E-state index contributed by atoms with van der Waals surface area (Å²) in [6, 6.07) is 57.0. The van der Waals surface area contributed by atoms with Gasteiger partial charge in [-0.3, -0.25) is 14.4 Å². The van der Waals surface area contributed by atoms with Crippen LogP contribution in [0.4, 0.5) is 0 Å². The Bertz CT molecular complexity index is 6340. The quantitative estimate of drug-likeness (QED) is 0.0574. The van der Waals surface area contributed by atoms with Crippen LogP contribution in [0.1, 0.15) is 125 Å². The molecule has 129 heavy (non-hydrogen) atoms. The number of carbonyl (C=O) groups is 3. The molecule has 4 heterocycles. The van der Waals surface area contributed by atoms with Gasteiger partial charge in [-0.25, -0.2) is 42.1 Å². The van der Waals surface area contributed by atoms with Gasteiger partial charge in [-0.1, -0.05) is 77.1 Å². The molecule has 3 amide bonds. The van der Waals surface area contributed by atoms with Crippen molar-refractivity contribution in [3.05, 3.63) is 248 Å². The summed E-state index contributed by atoms with van der Waals surface area (Å²) in [6.07, 6.45) is 0.843. The van der Waals surface area contributed by atoms with Crippen molar-refractivity contribution < 1.29 is 75.4 Å². The third kappa shape index (κ3) is 26.0. The molecule has 0 spiro atoms. The summed E-state index contributed by atoms with van der Waals surface area (Å²) < 4.78 is 163. The van der Waals surface area contributed by atoms with E-state index in [-0.39, 0.29) is 179 Å². The van der Waals surface area contributed by atoms with Crippen molar-refractivity contribution in [3.8, 4) is 70.3 Å². The number of amides is 3. The van der Waals surface area contributed by atoms with Gasteiger partial charge in [0.2, 0.25) is 61.9 Å². The van der Waals surface area contributed by atoms with Crippen LogP contribution in [-0.2, 0) is 59.7 Å². The number of nitrogens with zero attached hydrogens (tertiary/aromatic N) is 12. The molecule has 0 atom stereocenters. The molecule has 29 nitrogen and oxygen atoms in total. The van der Waals surface area contributed by atoms with Gasteiger partial charge in [0, 0.05) is 123 Å². The van der Waals surface area contributed by atoms with Gasteiger partial charge in [0.05, 0.1) is 52.3 Å². The number of aryl methyl sites for hydroxylation is 8. The Hall–Kier alpha value is -11.9. The van der Waals surface area contributed by atoms with Gasteiger partial charge in [0.25, 0.3) is 5.91 Å². The fourth-order valence-corrected chi connectivity index (χ4v) is 23.2. The minimum Gasteiger partial charge on any atom is -0.456 e. The normalized spacial score (nSPS) is 15.1. The number of nitriles is 4. The number of hydrogen-bond acceptors (Lipinski definition) is 21. The van der Waals surface area contributed by atoms with E-state index < -0.39 is 50.1 Å². The van der Waals surface area contributed by atoms with Crippen molar-refractivity contribution in [1.29, 1.82) is 21.0 Å². The van der Waals surface area contributed by atoms with Crippen LogP contribution in [0, 0.1) is 113 Å². The molecule has 4 fully saturated rings. The Balaban J connectivity index is 0.000000179. The number of sulfonamides is 5. The summed E-state index contributed by atoms with van der Waals surface area (Å²) in [4.78, 5) is 41.7. The van der Waals surface area contributed by atoms with E-state index in [4.69, 9.17) is 18.9 Å². The van der Waals surface area contributed by atoms with Crippen LogP contribution in [-0.4, -0.2) is 207 Å². The predicted molar refractivity (Wildman–Crippen MR) is 489 cm³/mol. The van der Waals surface area contributed by atoms with Crippen LogP contribution in [0.5, 0.6) is 46.0 Å². The Morgan fingerprint density at radius 1 is 0.318 bits per heavy atom. The molecule has 4 saturated heterocycles. The number of carbonyl (C=O) groups excluding carboxylic acids is 3. The zero-order valence-corrected chi connectivity index (χ0v) is 78.8. The molecule has 4 aliphatic heterocycles. The van der Waals surface area contributed by atoms with Crippen molar-refractivity contribution in [3.63, 3.8) is 0 Å². The summed E-state index contributed by atoms with van der Waals surface area (Å²) in [5, 5.41) is 37.3. The number of hydrogen-bond donors (Lipinski definition) is 0. The van der Waals surface area contributed by atoms with Gasteiger partial charge in [0.15, 0.2) is 0 Å². The lowest BCUT2D eigenvalue weighted by molar-refractivity contribution is -0.133. The lowest BCUT2D eigenvalue weighted by Gasteiger charge is -2.34. The Kier molecular flexibility index (Phi) is 33.5. The lowest BCUT2D eigenvalue weighted by atomic mass is 10.1. The summed E-state index contributed by atoms with van der Waals surface area (Å²) in [5.41, 5.74) is 9.40. The van der Waals surface area contributed by atoms with Crippen molar-refractivity contribution >= 4 is 67.8 Å². The third-order valence-electron chi connectivity index (χ3n) is 21.2. The lowest BCUT2D eigenvalue weighted by Crippen LogP contribution is -2.51. The van der Waals surface area contributed by atoms with E-state index in [1.165, 1.54) is 88.3 Å². The van der Waals surface area contributed by atoms with E-state index in [1.54, 1.807) is 64.1 Å². The fourth-order valence-electron chi connectivity index (χ4n) is 15.2. The number of piperazine rings is 4. The van der Waals surface area contributed by atoms with Crippen molar-refractivity contribution in [2.75, 3.05) is 110 Å². The van der Waals surface area contributed by atoms with Crippen LogP contribution in [0.2, 0.25) is 0 Å². The largest absolute Gasteiger partial charge is 0.456 e. The van der Waals surface area contributed by atoms with Crippen LogP contribution >= 0.6 is 0 Å². The first kappa shape index (κ1) is 99.3. The molecule has 0 aliphatic carbocycles. The first-order valence-electron chi connectivity index (χ1n) is 42.1. The predicted octanol–water partition coefficient (Wildman–Crippen LogP) is 14.4. The molecule has 680 valence electrons. The van der Waals surface area contributed by atoms with Crippen molar-refractivity contribution in [2.45, 2.75) is 122 Å². The summed E-state index contributed by atoms with van der Waals surface area (Å²) in [5.74, 6) is 2.91. The van der Waals surface area contributed by atoms with E-state index in [9.17, 15) is 77.5 Å². The number of benzene rings is 9. The highest BCUT2D eigenvalue weighted by Crippen LogP contribution is 2.39. The van der Waals surface area contributed by atoms with Gasteiger partial charge in [-0.15, -0.1) is 0 Å². The maximum Gasteiger partial charge on any atom is 0.253 e. The average molecular weight is 1850 g/mol. The average Bonchev–Trinajstić information content (AvgIpc) is 0.789. The van der Waals surface area contributed by atoms with Gasteiger partial charge in [-0.05, 0) is 245 Å². The second kappa shape index (κ2) is 43.5. The molecule has 0 bridgehead atoms. The minimum atomic E-state index is -4.02. The zero-order chi connectivity index (χ0) is 94.0. The van der Waals surface area contributed by atoms with E-state index in [0.717, 1.165) is 44.5 Å². The maximum atomic E-state index is 13.6. The zero-order valence-electron chi connectivity index (χ0n) is 74.7. The van der Waals surface area contributed by atoms with Crippen molar-refractivity contribution in [1.82, 2.24) is 36.2 Å². The highest BCUT2D eigenvalue weighted by atomic mass is 32.2. The topological polar surface area (TPSA) is 380 Å². The number of rotatable bonds is 23. The first-order valence-corrected chi connectivity index (χ1v) is 49.5. The molecule has 0 saturated carbocycles. The second-order valence-corrected chi connectivity index (χ2v) is 42.5. The molecular weight excluding hydrogens is 1740 g/mol. The SMILES string of the molecule is CCC(=O)N1CCN(S(=O)(=O)c2cc(C#N)ccc2Oc2cc(C)cc(C)c2)CC1.Cc1cc(C)cc(Oc2ccc(C#N)cc2S(=O)(=O)N2CCN(C(=O)CC(C)C)CC2)c1.Cc1cc(C)cc(Oc2ccc(C#N)cc2S(=O)(=O)N2CCN(C(=O)c3ccccc3)CC2)c1.Cc1cc(C)cc(Oc2ccc(C#N)cc2S(=O)(=O)N2CCN(S(=O)(=O)CC(C)C)CC2)c1. The van der Waals surface area contributed by atoms with Crippen molar-refractivity contribution in [2.24, 2.45) is 11.8 Å². The van der Waals surface area contributed by atoms with Crippen LogP contribution in [0.25, 0.3) is 0 Å². The maximum absolute atomic E-state index is 13.6. The highest BCUT2D eigenvalue weighted by Gasteiger charge is 2.39. The van der Waals surface area contributed by atoms with E-state index in [2.05, 4.69) is 0 Å². The Labute approximate surface area is 758 Å².